The number of rotatable bonds is 4. The molecule has 1 amide bonds. The van der Waals surface area contributed by atoms with Gasteiger partial charge in [-0.15, -0.1) is 0 Å². The van der Waals surface area contributed by atoms with E-state index in [0.29, 0.717) is 32.4 Å². The highest BCUT2D eigenvalue weighted by atomic mass is 16.5. The fraction of sp³-hybridized carbons (Fsp3) is 0.500. The van der Waals surface area contributed by atoms with Crippen LogP contribution < -0.4 is 4.74 Å². The third kappa shape index (κ3) is 4.08. The van der Waals surface area contributed by atoms with E-state index in [1.54, 1.807) is 4.90 Å². The van der Waals surface area contributed by atoms with Gasteiger partial charge in [0.15, 0.2) is 0 Å². The van der Waals surface area contributed by atoms with E-state index in [2.05, 4.69) is 0 Å². The summed E-state index contributed by atoms with van der Waals surface area (Å²) < 4.78 is 5.57. The van der Waals surface area contributed by atoms with Gasteiger partial charge in [0.2, 0.25) is 5.91 Å². The van der Waals surface area contributed by atoms with Crippen molar-refractivity contribution in [2.75, 3.05) is 13.1 Å². The van der Waals surface area contributed by atoms with Crippen LogP contribution in [0.15, 0.2) is 24.3 Å². The Kier molecular flexibility index (Phi) is 4.77. The summed E-state index contributed by atoms with van der Waals surface area (Å²) in [6.45, 7) is 5.09. The van der Waals surface area contributed by atoms with Crippen LogP contribution in [0.5, 0.6) is 5.75 Å². The molecule has 0 spiro atoms. The molecule has 2 rings (SSSR count). The molecule has 1 aliphatic heterocycles. The second kappa shape index (κ2) is 6.55. The molecule has 0 N–H and O–H groups in total. The number of piperidine rings is 1. The smallest absolute Gasteiger partial charge is 0.227 e. The van der Waals surface area contributed by atoms with Gasteiger partial charge in [0.05, 0.1) is 12.5 Å². The van der Waals surface area contributed by atoms with Crippen LogP contribution >= 0.6 is 0 Å². The molecule has 0 aromatic heterocycles. The van der Waals surface area contributed by atoms with Crippen LogP contribution in [0.4, 0.5) is 0 Å². The summed E-state index contributed by atoms with van der Waals surface area (Å²) in [4.78, 5) is 25.1. The van der Waals surface area contributed by atoms with Crippen LogP contribution in [0, 0.1) is 0 Å². The predicted octanol–water partition coefficient (Wildman–Crippen LogP) is 2.21. The lowest BCUT2D eigenvalue weighted by Gasteiger charge is -2.26. The Labute approximate surface area is 119 Å². The first-order valence-electron chi connectivity index (χ1n) is 7.09. The van der Waals surface area contributed by atoms with E-state index in [0.717, 1.165) is 11.3 Å². The number of carbonyl (C=O) groups excluding carboxylic acids is 2. The minimum Gasteiger partial charge on any atom is -0.491 e. The molecule has 4 nitrogen and oxygen atoms in total. The zero-order valence-corrected chi connectivity index (χ0v) is 12.1. The number of carbonyl (C=O) groups is 2. The maximum Gasteiger partial charge on any atom is 0.227 e. The number of Topliss-reactive ketones (excluding diaryl/α,β-unsaturated/α-hetero) is 1. The number of benzene rings is 1. The minimum absolute atomic E-state index is 0.0926. The second-order valence-corrected chi connectivity index (χ2v) is 5.41. The summed E-state index contributed by atoms with van der Waals surface area (Å²) in [5, 5.41) is 0. The quantitative estimate of drug-likeness (QED) is 0.846. The Balaban J connectivity index is 1.89. The first-order chi connectivity index (χ1) is 9.54. The van der Waals surface area contributed by atoms with Crippen LogP contribution in [0.25, 0.3) is 0 Å². The number of hydrogen-bond donors (Lipinski definition) is 0. The van der Waals surface area contributed by atoms with E-state index in [9.17, 15) is 9.59 Å². The maximum atomic E-state index is 12.1. The topological polar surface area (TPSA) is 46.6 Å². The molecule has 0 radical (unpaired) electrons. The molecule has 1 fully saturated rings. The summed E-state index contributed by atoms with van der Waals surface area (Å²) >= 11 is 0. The fourth-order valence-electron chi connectivity index (χ4n) is 2.25. The molecule has 1 aromatic carbocycles. The van der Waals surface area contributed by atoms with E-state index in [1.807, 2.05) is 38.1 Å². The Bertz CT molecular complexity index is 469. The fourth-order valence-corrected chi connectivity index (χ4v) is 2.25. The molecule has 20 heavy (non-hydrogen) atoms. The molecule has 108 valence electrons. The van der Waals surface area contributed by atoms with Gasteiger partial charge in [-0.05, 0) is 31.5 Å². The maximum absolute atomic E-state index is 12.1. The number of likely N-dealkylation sites (tertiary alicyclic amines) is 1. The summed E-state index contributed by atoms with van der Waals surface area (Å²) in [5.74, 6) is 1.17. The number of nitrogens with zero attached hydrogens (tertiary/aromatic N) is 1. The van der Waals surface area contributed by atoms with Crippen molar-refractivity contribution in [1.82, 2.24) is 4.90 Å². The van der Waals surface area contributed by atoms with E-state index < -0.39 is 0 Å². The van der Waals surface area contributed by atoms with E-state index in [-0.39, 0.29) is 17.8 Å². The molecule has 0 saturated carbocycles. The largest absolute Gasteiger partial charge is 0.491 e. The van der Waals surface area contributed by atoms with Crippen molar-refractivity contribution in [3.8, 4) is 5.75 Å². The van der Waals surface area contributed by atoms with Gasteiger partial charge < -0.3 is 9.64 Å². The van der Waals surface area contributed by atoms with E-state index >= 15 is 0 Å². The Hall–Kier alpha value is -1.84. The van der Waals surface area contributed by atoms with Gasteiger partial charge in [0.1, 0.15) is 11.5 Å². The summed E-state index contributed by atoms with van der Waals surface area (Å²) in [7, 11) is 0. The van der Waals surface area contributed by atoms with Crippen LogP contribution in [-0.2, 0) is 16.0 Å². The van der Waals surface area contributed by atoms with Crippen molar-refractivity contribution >= 4 is 11.7 Å². The van der Waals surface area contributed by atoms with Crippen molar-refractivity contribution < 1.29 is 14.3 Å². The van der Waals surface area contributed by atoms with Gasteiger partial charge in [-0.25, -0.2) is 0 Å². The first-order valence-corrected chi connectivity index (χ1v) is 7.09. The minimum atomic E-state index is 0.0926. The van der Waals surface area contributed by atoms with Gasteiger partial charge in [0.25, 0.3) is 0 Å². The van der Waals surface area contributed by atoms with Crippen LogP contribution in [0.1, 0.15) is 32.3 Å². The first kappa shape index (κ1) is 14.6. The number of hydrogen-bond acceptors (Lipinski definition) is 3. The van der Waals surface area contributed by atoms with Crippen molar-refractivity contribution in [2.45, 2.75) is 39.2 Å². The molecule has 0 unspecified atom stereocenters. The van der Waals surface area contributed by atoms with Crippen LogP contribution in [0.3, 0.4) is 0 Å². The molecule has 1 aromatic rings. The van der Waals surface area contributed by atoms with Gasteiger partial charge >= 0.3 is 0 Å². The zero-order valence-electron chi connectivity index (χ0n) is 12.1. The second-order valence-electron chi connectivity index (χ2n) is 5.41. The lowest BCUT2D eigenvalue weighted by atomic mass is 10.1. The lowest BCUT2D eigenvalue weighted by molar-refractivity contribution is -0.133. The zero-order chi connectivity index (χ0) is 14.5. The molecule has 1 heterocycles. The summed E-state index contributed by atoms with van der Waals surface area (Å²) in [6.07, 6.45) is 1.52. The highest BCUT2D eigenvalue weighted by Crippen LogP contribution is 2.15. The molecule has 1 aliphatic rings. The van der Waals surface area contributed by atoms with E-state index in [4.69, 9.17) is 4.74 Å². The Morgan fingerprint density at radius 3 is 2.35 bits per heavy atom. The number of ketones is 1. The predicted molar refractivity (Wildman–Crippen MR) is 76.7 cm³/mol. The lowest BCUT2D eigenvalue weighted by Crippen LogP contribution is -2.39. The summed E-state index contributed by atoms with van der Waals surface area (Å²) in [5.41, 5.74) is 0.975. The molecule has 0 atom stereocenters. The SMILES string of the molecule is CC(C)Oc1ccc(CC(=O)N2CCC(=O)CC2)cc1. The Morgan fingerprint density at radius 2 is 1.80 bits per heavy atom. The van der Waals surface area contributed by atoms with Crippen LogP contribution in [-0.4, -0.2) is 35.8 Å². The molecule has 0 aliphatic carbocycles. The average molecular weight is 275 g/mol. The molecule has 4 heteroatoms. The van der Waals surface area contributed by atoms with Crippen molar-refractivity contribution in [3.63, 3.8) is 0 Å². The number of amides is 1. The third-order valence-corrected chi connectivity index (χ3v) is 3.32. The standard InChI is InChI=1S/C16H21NO3/c1-12(2)20-15-5-3-13(4-6-15)11-16(19)17-9-7-14(18)8-10-17/h3-6,12H,7-11H2,1-2H3. The van der Waals surface area contributed by atoms with Gasteiger partial charge in [-0.1, -0.05) is 12.1 Å². The highest BCUT2D eigenvalue weighted by Gasteiger charge is 2.20. The summed E-state index contributed by atoms with van der Waals surface area (Å²) in [6, 6.07) is 7.63. The van der Waals surface area contributed by atoms with Crippen molar-refractivity contribution in [3.05, 3.63) is 29.8 Å². The molecule has 1 saturated heterocycles. The molecule has 0 bridgehead atoms. The van der Waals surface area contributed by atoms with Gasteiger partial charge in [-0.3, -0.25) is 9.59 Å². The normalized spacial score (nSPS) is 15.6. The molecular formula is C16H21NO3. The third-order valence-electron chi connectivity index (χ3n) is 3.32. The monoisotopic (exact) mass is 275 g/mol. The van der Waals surface area contributed by atoms with E-state index in [1.165, 1.54) is 0 Å². The van der Waals surface area contributed by atoms with Crippen LogP contribution in [0.2, 0.25) is 0 Å². The van der Waals surface area contributed by atoms with Gasteiger partial charge in [0, 0.05) is 25.9 Å². The highest BCUT2D eigenvalue weighted by molar-refractivity contribution is 5.84. The van der Waals surface area contributed by atoms with Gasteiger partial charge in [-0.2, -0.15) is 0 Å². The number of ether oxygens (including phenoxy) is 1. The molecular weight excluding hydrogens is 254 g/mol. The van der Waals surface area contributed by atoms with Crippen molar-refractivity contribution in [2.24, 2.45) is 0 Å². The Morgan fingerprint density at radius 1 is 1.20 bits per heavy atom. The average Bonchev–Trinajstić information content (AvgIpc) is 2.41. The van der Waals surface area contributed by atoms with Crippen molar-refractivity contribution in [1.29, 1.82) is 0 Å².